The van der Waals surface area contributed by atoms with Crippen LogP contribution in [0.1, 0.15) is 53.0 Å². The molecule has 7 heteroatoms. The minimum atomic E-state index is -2.09. The molecule has 34 heavy (non-hydrogen) atoms. The lowest BCUT2D eigenvalue weighted by Gasteiger charge is -2.26. The summed E-state index contributed by atoms with van der Waals surface area (Å²) in [7, 11) is 1.97. The smallest absolute Gasteiger partial charge is 0.221 e. The molecule has 0 aliphatic heterocycles. The van der Waals surface area contributed by atoms with Gasteiger partial charge in [-0.25, -0.2) is 9.37 Å². The Labute approximate surface area is 196 Å². The number of nitrogens with zero attached hydrogens (tertiary/aromatic N) is 5. The molecule has 0 unspecified atom stereocenters. The first-order valence-corrected chi connectivity index (χ1v) is 11.4. The van der Waals surface area contributed by atoms with E-state index in [4.69, 9.17) is 9.51 Å². The van der Waals surface area contributed by atoms with Crippen LogP contribution in [0.4, 0.5) is 4.39 Å². The number of rotatable bonds is 5. The second-order valence-corrected chi connectivity index (χ2v) is 8.98. The predicted octanol–water partition coefficient (Wildman–Crippen LogP) is 5.77. The summed E-state index contributed by atoms with van der Waals surface area (Å²) >= 11 is 0. The fourth-order valence-electron chi connectivity index (χ4n) is 4.92. The van der Waals surface area contributed by atoms with Crippen LogP contribution < -0.4 is 0 Å². The monoisotopic (exact) mass is 453 g/mol. The van der Waals surface area contributed by atoms with E-state index in [1.165, 1.54) is 0 Å². The van der Waals surface area contributed by atoms with Crippen molar-refractivity contribution in [3.05, 3.63) is 95.2 Å². The first kappa shape index (κ1) is 20.7. The standard InChI is InChI=1S/C27H24FN5O/c1-16-24(17(2)34-32-16)19-14-20(25-21(15-19)31-26(33(25)3)18-10-11-18)27(28,22-8-4-6-12-29-22)23-9-5-7-13-30-23/h4-9,12-15,18H,10-11H2,1-3H3. The molecular weight excluding hydrogens is 429 g/mol. The largest absolute Gasteiger partial charge is 0.361 e. The molecule has 170 valence electrons. The molecule has 1 fully saturated rings. The molecule has 5 aromatic rings. The van der Waals surface area contributed by atoms with Crippen LogP contribution in [-0.2, 0) is 12.7 Å². The number of hydrogen-bond acceptors (Lipinski definition) is 5. The van der Waals surface area contributed by atoms with E-state index >= 15 is 4.39 Å². The highest BCUT2D eigenvalue weighted by molar-refractivity contribution is 5.88. The molecule has 0 spiro atoms. The van der Waals surface area contributed by atoms with Crippen LogP contribution in [0, 0.1) is 13.8 Å². The van der Waals surface area contributed by atoms with Crippen LogP contribution in [0.15, 0.2) is 65.4 Å². The van der Waals surface area contributed by atoms with E-state index in [0.717, 1.165) is 46.5 Å². The van der Waals surface area contributed by atoms with Gasteiger partial charge in [0.25, 0.3) is 0 Å². The molecule has 4 aromatic heterocycles. The summed E-state index contributed by atoms with van der Waals surface area (Å²) in [6, 6.07) is 14.5. The number of pyridine rings is 2. The molecule has 0 amide bonds. The lowest BCUT2D eigenvalue weighted by Crippen LogP contribution is -2.27. The zero-order chi connectivity index (χ0) is 23.4. The fraction of sp³-hybridized carbons (Fsp3) is 0.259. The van der Waals surface area contributed by atoms with E-state index < -0.39 is 5.67 Å². The van der Waals surface area contributed by atoms with Gasteiger partial charge in [0.1, 0.15) is 11.6 Å². The number of aryl methyl sites for hydroxylation is 3. The van der Waals surface area contributed by atoms with Crippen molar-refractivity contribution in [3.8, 4) is 11.1 Å². The number of aromatic nitrogens is 5. The normalized spacial score (nSPS) is 14.1. The number of benzene rings is 1. The Morgan fingerprint density at radius 1 is 1.00 bits per heavy atom. The predicted molar refractivity (Wildman–Crippen MR) is 127 cm³/mol. The third kappa shape index (κ3) is 3.07. The van der Waals surface area contributed by atoms with Crippen molar-refractivity contribution < 1.29 is 8.91 Å². The molecule has 0 radical (unpaired) electrons. The van der Waals surface area contributed by atoms with Crippen molar-refractivity contribution in [1.29, 1.82) is 0 Å². The summed E-state index contributed by atoms with van der Waals surface area (Å²) in [5.41, 5.74) is 2.83. The molecule has 1 aliphatic carbocycles. The average molecular weight is 454 g/mol. The van der Waals surface area contributed by atoms with E-state index in [1.54, 1.807) is 48.8 Å². The van der Waals surface area contributed by atoms with Gasteiger partial charge in [-0.2, -0.15) is 0 Å². The number of halogens is 1. The summed E-state index contributed by atoms with van der Waals surface area (Å²) in [4.78, 5) is 13.9. The fourth-order valence-corrected chi connectivity index (χ4v) is 4.92. The Balaban J connectivity index is 1.73. The van der Waals surface area contributed by atoms with Gasteiger partial charge in [0.05, 0.1) is 28.1 Å². The van der Waals surface area contributed by atoms with Crippen molar-refractivity contribution in [3.63, 3.8) is 0 Å². The number of alkyl halides is 1. The second kappa shape index (κ2) is 7.58. The summed E-state index contributed by atoms with van der Waals surface area (Å²) < 4.78 is 25.2. The SMILES string of the molecule is Cc1noc(C)c1-c1cc(C(F)(c2ccccn2)c2ccccn2)c2c(c1)nc(C1CC1)n2C. The van der Waals surface area contributed by atoms with Gasteiger partial charge in [0.2, 0.25) is 5.67 Å². The minimum Gasteiger partial charge on any atom is -0.361 e. The van der Waals surface area contributed by atoms with Gasteiger partial charge in [-0.15, -0.1) is 0 Å². The molecule has 1 saturated carbocycles. The maximum absolute atomic E-state index is 17.7. The Bertz CT molecular complexity index is 1440. The van der Waals surface area contributed by atoms with E-state index in [2.05, 4.69) is 15.1 Å². The zero-order valence-corrected chi connectivity index (χ0v) is 19.3. The highest BCUT2D eigenvalue weighted by Gasteiger charge is 2.43. The summed E-state index contributed by atoms with van der Waals surface area (Å²) in [6.45, 7) is 3.76. The van der Waals surface area contributed by atoms with Crippen LogP contribution in [0.3, 0.4) is 0 Å². The van der Waals surface area contributed by atoms with Crippen molar-refractivity contribution in [2.75, 3.05) is 0 Å². The molecule has 0 N–H and O–H groups in total. The topological polar surface area (TPSA) is 69.6 Å². The van der Waals surface area contributed by atoms with Gasteiger partial charge in [0.15, 0.2) is 0 Å². The minimum absolute atomic E-state index is 0.278. The first-order valence-electron chi connectivity index (χ1n) is 11.4. The number of imidazole rings is 1. The van der Waals surface area contributed by atoms with E-state index in [9.17, 15) is 0 Å². The van der Waals surface area contributed by atoms with Crippen molar-refractivity contribution in [1.82, 2.24) is 24.7 Å². The maximum atomic E-state index is 17.7. The Morgan fingerprint density at radius 2 is 1.68 bits per heavy atom. The van der Waals surface area contributed by atoms with Crippen molar-refractivity contribution in [2.24, 2.45) is 7.05 Å². The third-order valence-electron chi connectivity index (χ3n) is 6.68. The van der Waals surface area contributed by atoms with E-state index in [-0.39, 0.29) is 11.4 Å². The Hall–Kier alpha value is -3.87. The molecule has 6 rings (SSSR count). The third-order valence-corrected chi connectivity index (χ3v) is 6.68. The average Bonchev–Trinajstić information content (AvgIpc) is 3.58. The van der Waals surface area contributed by atoms with Crippen LogP contribution in [-0.4, -0.2) is 24.7 Å². The summed E-state index contributed by atoms with van der Waals surface area (Å²) in [6.07, 6.45) is 5.43. The second-order valence-electron chi connectivity index (χ2n) is 8.98. The van der Waals surface area contributed by atoms with Crippen molar-refractivity contribution in [2.45, 2.75) is 38.3 Å². The first-order chi connectivity index (χ1) is 16.5. The molecule has 0 bridgehead atoms. The Kier molecular flexibility index (Phi) is 4.62. The molecule has 1 aliphatic rings. The summed E-state index contributed by atoms with van der Waals surface area (Å²) in [5.74, 6) is 2.07. The van der Waals surface area contributed by atoms with Crippen LogP contribution in [0.25, 0.3) is 22.2 Å². The zero-order valence-electron chi connectivity index (χ0n) is 19.3. The lowest BCUT2D eigenvalue weighted by molar-refractivity contribution is 0.267. The lowest BCUT2D eigenvalue weighted by atomic mass is 9.85. The van der Waals surface area contributed by atoms with Crippen LogP contribution in [0.5, 0.6) is 0 Å². The Morgan fingerprint density at radius 3 is 2.21 bits per heavy atom. The van der Waals surface area contributed by atoms with Crippen LogP contribution >= 0.6 is 0 Å². The number of fused-ring (bicyclic) bond motifs is 1. The highest BCUT2D eigenvalue weighted by Crippen LogP contribution is 2.46. The van der Waals surface area contributed by atoms with Crippen molar-refractivity contribution >= 4 is 11.0 Å². The van der Waals surface area contributed by atoms with Gasteiger partial charge in [-0.3, -0.25) is 9.97 Å². The van der Waals surface area contributed by atoms with Gasteiger partial charge in [0, 0.05) is 36.5 Å². The van der Waals surface area contributed by atoms with E-state index in [1.807, 2.05) is 37.6 Å². The molecule has 0 atom stereocenters. The van der Waals surface area contributed by atoms with Crippen LogP contribution in [0.2, 0.25) is 0 Å². The molecular formula is C27H24FN5O. The summed E-state index contributed by atoms with van der Waals surface area (Å²) in [5, 5.41) is 4.12. The molecule has 0 saturated heterocycles. The molecule has 1 aromatic carbocycles. The van der Waals surface area contributed by atoms with Gasteiger partial charge < -0.3 is 9.09 Å². The van der Waals surface area contributed by atoms with E-state index in [0.29, 0.717) is 17.2 Å². The molecule has 4 heterocycles. The van der Waals surface area contributed by atoms with Gasteiger partial charge in [-0.1, -0.05) is 17.3 Å². The van der Waals surface area contributed by atoms with Gasteiger partial charge >= 0.3 is 0 Å². The number of hydrogen-bond donors (Lipinski definition) is 0. The quantitative estimate of drug-likeness (QED) is 0.338. The highest BCUT2D eigenvalue weighted by atomic mass is 19.1. The van der Waals surface area contributed by atoms with Gasteiger partial charge in [-0.05, 0) is 68.7 Å². The molecule has 6 nitrogen and oxygen atoms in total. The maximum Gasteiger partial charge on any atom is 0.221 e.